The molecule has 92 valence electrons. The van der Waals surface area contributed by atoms with Gasteiger partial charge in [-0.3, -0.25) is 0 Å². The lowest BCUT2D eigenvalue weighted by Gasteiger charge is -2.01. The Bertz CT molecular complexity index is 1000. The highest BCUT2D eigenvalue weighted by molar-refractivity contribution is 6.31. The molecule has 19 heavy (non-hydrogen) atoms. The number of nitrogens with zero attached hydrogens (tertiary/aromatic N) is 2. The van der Waals surface area contributed by atoms with Gasteiger partial charge in [0.25, 0.3) is 0 Å². The topological polar surface area (TPSA) is 50.2 Å². The van der Waals surface area contributed by atoms with Gasteiger partial charge in [-0.05, 0) is 30.3 Å². The largest absolute Gasteiger partial charge is 0.332 e. The van der Waals surface area contributed by atoms with Gasteiger partial charge in [-0.25, -0.2) is 14.2 Å². The zero-order chi connectivity index (χ0) is 13.0. The Kier molecular flexibility index (Phi) is 2.00. The third-order valence-electron chi connectivity index (χ3n) is 3.23. The van der Waals surface area contributed by atoms with Crippen LogP contribution in [-0.4, -0.2) is 14.4 Å². The smallest absolute Gasteiger partial charge is 0.306 e. The number of benzene rings is 2. The van der Waals surface area contributed by atoms with Gasteiger partial charge in [0, 0.05) is 10.4 Å². The predicted octanol–water partition coefficient (Wildman–Crippen LogP) is 2.98. The monoisotopic (exact) mass is 269 g/mol. The molecule has 0 radical (unpaired) electrons. The minimum atomic E-state index is -0.210. The van der Waals surface area contributed by atoms with Crippen molar-refractivity contribution in [3.05, 3.63) is 58.0 Å². The number of para-hydroxylation sites is 2. The van der Waals surface area contributed by atoms with E-state index in [1.54, 1.807) is 16.5 Å². The minimum absolute atomic E-state index is 0.210. The Hall–Kier alpha value is -2.33. The van der Waals surface area contributed by atoms with Crippen LogP contribution in [0.2, 0.25) is 5.02 Å². The van der Waals surface area contributed by atoms with Gasteiger partial charge in [-0.15, -0.1) is 0 Å². The van der Waals surface area contributed by atoms with Gasteiger partial charge >= 0.3 is 5.69 Å². The fraction of sp³-hybridized carbons (Fsp3) is 0. The molecule has 0 atom stereocenters. The van der Waals surface area contributed by atoms with Crippen LogP contribution >= 0.6 is 11.6 Å². The number of aromatic nitrogens is 3. The van der Waals surface area contributed by atoms with Gasteiger partial charge in [-0.1, -0.05) is 23.7 Å². The highest BCUT2D eigenvalue weighted by Gasteiger charge is 2.10. The number of hydrogen-bond donors (Lipinski definition) is 1. The molecule has 1 N–H and O–H groups in total. The van der Waals surface area contributed by atoms with E-state index in [-0.39, 0.29) is 5.69 Å². The normalized spacial score (nSPS) is 11.6. The first-order valence-electron chi connectivity index (χ1n) is 5.83. The van der Waals surface area contributed by atoms with Crippen LogP contribution in [0, 0.1) is 0 Å². The summed E-state index contributed by atoms with van der Waals surface area (Å²) < 4.78 is 1.59. The van der Waals surface area contributed by atoms with Crippen molar-refractivity contribution in [2.75, 3.05) is 0 Å². The van der Waals surface area contributed by atoms with Gasteiger partial charge in [0.15, 0.2) is 5.65 Å². The third kappa shape index (κ3) is 1.40. The Labute approximate surface area is 112 Å². The number of aromatic amines is 1. The standard InChI is InChI=1S/C14H8ClN3O/c15-8-5-6-9-11(7-8)17-14(19)18-12-4-2-1-3-10(12)16-13(9)18/h1-7H,(H,17,19). The fourth-order valence-corrected chi connectivity index (χ4v) is 2.57. The highest BCUT2D eigenvalue weighted by atomic mass is 35.5. The molecule has 0 aliphatic carbocycles. The van der Waals surface area contributed by atoms with Crippen LogP contribution in [-0.2, 0) is 0 Å². The SMILES string of the molecule is O=c1[nH]c2cc(Cl)ccc2c2nc3ccccc3n12. The molecule has 0 unspecified atom stereocenters. The maximum Gasteiger partial charge on any atom is 0.332 e. The first-order valence-corrected chi connectivity index (χ1v) is 6.20. The summed E-state index contributed by atoms with van der Waals surface area (Å²) in [5.41, 5.74) is 2.74. The number of hydrogen-bond acceptors (Lipinski definition) is 2. The Balaban J connectivity index is 2.36. The summed E-state index contributed by atoms with van der Waals surface area (Å²) in [5.74, 6) is 0. The van der Waals surface area contributed by atoms with Gasteiger partial charge in [-0.2, -0.15) is 0 Å². The summed E-state index contributed by atoms with van der Waals surface area (Å²) in [6.45, 7) is 0. The van der Waals surface area contributed by atoms with Gasteiger partial charge < -0.3 is 4.98 Å². The van der Waals surface area contributed by atoms with Crippen LogP contribution in [0.4, 0.5) is 0 Å². The molecule has 0 spiro atoms. The molecule has 0 amide bonds. The van der Waals surface area contributed by atoms with E-state index >= 15 is 0 Å². The maximum atomic E-state index is 12.2. The van der Waals surface area contributed by atoms with Crippen molar-refractivity contribution in [3.8, 4) is 0 Å². The lowest BCUT2D eigenvalue weighted by molar-refractivity contribution is 1.06. The Morgan fingerprint density at radius 2 is 2.00 bits per heavy atom. The average molecular weight is 270 g/mol. The van der Waals surface area contributed by atoms with Crippen molar-refractivity contribution in [2.24, 2.45) is 0 Å². The van der Waals surface area contributed by atoms with E-state index in [1.807, 2.05) is 30.3 Å². The van der Waals surface area contributed by atoms with Crippen molar-refractivity contribution in [1.82, 2.24) is 14.4 Å². The lowest BCUT2D eigenvalue weighted by atomic mass is 10.2. The number of nitrogens with one attached hydrogen (secondary N) is 1. The number of imidazole rings is 1. The average Bonchev–Trinajstić information content (AvgIpc) is 2.78. The zero-order valence-electron chi connectivity index (χ0n) is 9.72. The van der Waals surface area contributed by atoms with Crippen LogP contribution in [0.25, 0.3) is 27.6 Å². The van der Waals surface area contributed by atoms with E-state index in [9.17, 15) is 4.79 Å². The van der Waals surface area contributed by atoms with Gasteiger partial charge in [0.05, 0.1) is 16.6 Å². The van der Waals surface area contributed by atoms with E-state index in [2.05, 4.69) is 9.97 Å². The summed E-state index contributed by atoms with van der Waals surface area (Å²) in [4.78, 5) is 19.6. The minimum Gasteiger partial charge on any atom is -0.306 e. The van der Waals surface area contributed by atoms with Crippen LogP contribution in [0.15, 0.2) is 47.3 Å². The molecule has 4 rings (SSSR count). The molecule has 4 aromatic rings. The molecular formula is C14H8ClN3O. The van der Waals surface area contributed by atoms with Gasteiger partial charge in [0.1, 0.15) is 0 Å². The molecule has 0 saturated carbocycles. The zero-order valence-corrected chi connectivity index (χ0v) is 10.5. The summed E-state index contributed by atoms with van der Waals surface area (Å²) in [6, 6.07) is 13.0. The van der Waals surface area contributed by atoms with Crippen LogP contribution in [0.5, 0.6) is 0 Å². The second-order valence-electron chi connectivity index (χ2n) is 4.38. The van der Waals surface area contributed by atoms with Crippen molar-refractivity contribution >= 4 is 39.2 Å². The van der Waals surface area contributed by atoms with E-state index in [4.69, 9.17) is 11.6 Å². The second-order valence-corrected chi connectivity index (χ2v) is 4.82. The Morgan fingerprint density at radius 1 is 1.16 bits per heavy atom. The Morgan fingerprint density at radius 3 is 2.89 bits per heavy atom. The second kappa shape index (κ2) is 3.59. The van der Waals surface area contributed by atoms with Gasteiger partial charge in [0.2, 0.25) is 0 Å². The number of rotatable bonds is 0. The molecule has 4 nitrogen and oxygen atoms in total. The quantitative estimate of drug-likeness (QED) is 0.533. The summed E-state index contributed by atoms with van der Waals surface area (Å²) in [5, 5.41) is 1.46. The fourth-order valence-electron chi connectivity index (χ4n) is 2.40. The molecule has 0 saturated heterocycles. The van der Waals surface area contributed by atoms with E-state index in [0.717, 1.165) is 16.4 Å². The van der Waals surface area contributed by atoms with E-state index in [0.29, 0.717) is 16.2 Å². The molecule has 5 heteroatoms. The predicted molar refractivity (Wildman–Crippen MR) is 75.8 cm³/mol. The molecule has 0 fully saturated rings. The first kappa shape index (κ1) is 10.6. The summed E-state index contributed by atoms with van der Waals surface area (Å²) >= 11 is 5.95. The van der Waals surface area contributed by atoms with Crippen molar-refractivity contribution in [2.45, 2.75) is 0 Å². The molecular weight excluding hydrogens is 262 g/mol. The number of H-pyrrole nitrogens is 1. The summed E-state index contributed by atoms with van der Waals surface area (Å²) in [7, 11) is 0. The molecule has 2 aromatic carbocycles. The van der Waals surface area contributed by atoms with Crippen LogP contribution in [0.3, 0.4) is 0 Å². The third-order valence-corrected chi connectivity index (χ3v) is 3.46. The van der Waals surface area contributed by atoms with Crippen molar-refractivity contribution in [3.63, 3.8) is 0 Å². The summed E-state index contributed by atoms with van der Waals surface area (Å²) in [6.07, 6.45) is 0. The number of halogens is 1. The van der Waals surface area contributed by atoms with E-state index in [1.165, 1.54) is 0 Å². The van der Waals surface area contributed by atoms with E-state index < -0.39 is 0 Å². The molecule has 2 heterocycles. The number of fused-ring (bicyclic) bond motifs is 5. The molecule has 0 bridgehead atoms. The van der Waals surface area contributed by atoms with Crippen molar-refractivity contribution < 1.29 is 0 Å². The van der Waals surface area contributed by atoms with Crippen LogP contribution < -0.4 is 5.69 Å². The lowest BCUT2D eigenvalue weighted by Crippen LogP contribution is -2.15. The molecule has 2 aromatic heterocycles. The molecule has 0 aliphatic rings. The highest BCUT2D eigenvalue weighted by Crippen LogP contribution is 2.23. The first-order chi connectivity index (χ1) is 9.24. The van der Waals surface area contributed by atoms with Crippen LogP contribution in [0.1, 0.15) is 0 Å². The molecule has 0 aliphatic heterocycles. The maximum absolute atomic E-state index is 12.2. The van der Waals surface area contributed by atoms with Crippen molar-refractivity contribution in [1.29, 1.82) is 0 Å².